The van der Waals surface area contributed by atoms with E-state index < -0.39 is 0 Å². The number of hydrogen-bond acceptors (Lipinski definition) is 1. The van der Waals surface area contributed by atoms with Gasteiger partial charge in [0.1, 0.15) is 0 Å². The first-order valence-electron chi connectivity index (χ1n) is 6.07. The van der Waals surface area contributed by atoms with Gasteiger partial charge in [0, 0.05) is 0 Å². The summed E-state index contributed by atoms with van der Waals surface area (Å²) in [6.07, 6.45) is 5.36. The van der Waals surface area contributed by atoms with Crippen LogP contribution in [-0.4, -0.2) is 24.5 Å². The Balaban J connectivity index is 0. The molecule has 82 valence electrons. The second kappa shape index (κ2) is 14.5. The fourth-order valence-electron chi connectivity index (χ4n) is 1.19. The largest absolute Gasteiger partial charge is 0.304 e. The molecule has 0 saturated carbocycles. The van der Waals surface area contributed by atoms with Crippen molar-refractivity contribution in [3.05, 3.63) is 0 Å². The topological polar surface area (TPSA) is 3.24 Å². The quantitative estimate of drug-likeness (QED) is 0.583. The fourth-order valence-corrected chi connectivity index (χ4v) is 1.19. The van der Waals surface area contributed by atoms with E-state index in [1.165, 1.54) is 45.3 Å². The highest BCUT2D eigenvalue weighted by Gasteiger charge is 1.98. The molecule has 0 rings (SSSR count). The van der Waals surface area contributed by atoms with E-state index in [-0.39, 0.29) is 0 Å². The van der Waals surface area contributed by atoms with Gasteiger partial charge in [-0.1, -0.05) is 47.5 Å². The van der Waals surface area contributed by atoms with Gasteiger partial charge in [0.25, 0.3) is 0 Å². The Hall–Kier alpha value is -0.0400. The summed E-state index contributed by atoms with van der Waals surface area (Å²) in [4.78, 5) is 2.55. The zero-order chi connectivity index (χ0) is 10.5. The van der Waals surface area contributed by atoms with Crippen molar-refractivity contribution in [2.75, 3.05) is 19.6 Å². The van der Waals surface area contributed by atoms with Crippen molar-refractivity contribution in [3.63, 3.8) is 0 Å². The Kier molecular flexibility index (Phi) is 17.2. The molecule has 0 spiro atoms. The van der Waals surface area contributed by atoms with Crippen LogP contribution in [0.25, 0.3) is 0 Å². The highest BCUT2D eigenvalue weighted by molar-refractivity contribution is 4.53. The average Bonchev–Trinajstić information content (AvgIpc) is 2.21. The second-order valence-corrected chi connectivity index (χ2v) is 3.14. The number of rotatable bonds is 7. The highest BCUT2D eigenvalue weighted by Crippen LogP contribution is 1.97. The summed E-state index contributed by atoms with van der Waals surface area (Å²) in [6, 6.07) is 0. The fraction of sp³-hybridized carbons (Fsp3) is 1.00. The third-order valence-corrected chi connectivity index (χ3v) is 2.10. The molecule has 0 amide bonds. The summed E-state index contributed by atoms with van der Waals surface area (Å²) >= 11 is 0. The molecule has 0 aromatic carbocycles. The number of hydrogen-bond donors (Lipinski definition) is 0. The first-order valence-corrected chi connectivity index (χ1v) is 6.07. The van der Waals surface area contributed by atoms with E-state index in [1.807, 2.05) is 13.8 Å². The lowest BCUT2D eigenvalue weighted by atomic mass is 10.2. The molecule has 0 aliphatic carbocycles. The minimum atomic E-state index is 1.22. The van der Waals surface area contributed by atoms with Crippen LogP contribution in [0.1, 0.15) is 60.3 Å². The lowest BCUT2D eigenvalue weighted by Crippen LogP contribution is -2.25. The number of unbranched alkanes of at least 4 members (excludes halogenated alkanes) is 2. The molecule has 0 atom stereocenters. The smallest absolute Gasteiger partial charge is 0.00190 e. The van der Waals surface area contributed by atoms with Gasteiger partial charge in [0.15, 0.2) is 0 Å². The van der Waals surface area contributed by atoms with Crippen LogP contribution in [0.2, 0.25) is 0 Å². The van der Waals surface area contributed by atoms with Gasteiger partial charge in [-0.15, -0.1) is 0 Å². The van der Waals surface area contributed by atoms with Crippen LogP contribution in [0.15, 0.2) is 0 Å². The molecule has 0 heterocycles. The SMILES string of the molecule is CC.CCCCN(CC)CCCC. The zero-order valence-electron chi connectivity index (χ0n) is 10.4. The molecule has 1 nitrogen and oxygen atoms in total. The second-order valence-electron chi connectivity index (χ2n) is 3.14. The van der Waals surface area contributed by atoms with Gasteiger partial charge in [0.2, 0.25) is 0 Å². The summed E-state index contributed by atoms with van der Waals surface area (Å²) in [6.45, 7) is 14.6. The average molecular weight is 187 g/mol. The van der Waals surface area contributed by atoms with E-state index in [2.05, 4.69) is 25.7 Å². The van der Waals surface area contributed by atoms with E-state index >= 15 is 0 Å². The van der Waals surface area contributed by atoms with Crippen molar-refractivity contribution in [2.45, 2.75) is 60.3 Å². The molecule has 0 N–H and O–H groups in total. The maximum absolute atomic E-state index is 2.55. The monoisotopic (exact) mass is 187 g/mol. The van der Waals surface area contributed by atoms with Crippen molar-refractivity contribution in [1.29, 1.82) is 0 Å². The Morgan fingerprint density at radius 1 is 0.769 bits per heavy atom. The molecule has 0 unspecified atom stereocenters. The van der Waals surface area contributed by atoms with Crippen molar-refractivity contribution >= 4 is 0 Å². The standard InChI is InChI=1S/C10H23N.C2H6/c1-4-7-9-11(6-3)10-8-5-2;1-2/h4-10H2,1-3H3;1-2H3. The van der Waals surface area contributed by atoms with Crippen molar-refractivity contribution < 1.29 is 0 Å². The van der Waals surface area contributed by atoms with Gasteiger partial charge in [-0.3, -0.25) is 0 Å². The van der Waals surface area contributed by atoms with Crippen LogP contribution < -0.4 is 0 Å². The van der Waals surface area contributed by atoms with E-state index in [1.54, 1.807) is 0 Å². The molecule has 0 bridgehead atoms. The highest BCUT2D eigenvalue weighted by atomic mass is 15.1. The normalized spacial score (nSPS) is 9.69. The van der Waals surface area contributed by atoms with E-state index in [0.29, 0.717) is 0 Å². The van der Waals surface area contributed by atoms with Gasteiger partial charge in [-0.2, -0.15) is 0 Å². The van der Waals surface area contributed by atoms with Gasteiger partial charge in [-0.25, -0.2) is 0 Å². The molecule has 0 saturated heterocycles. The minimum absolute atomic E-state index is 1.22. The van der Waals surface area contributed by atoms with Gasteiger partial charge < -0.3 is 4.90 Å². The molecular formula is C12H29N. The molecule has 13 heavy (non-hydrogen) atoms. The zero-order valence-corrected chi connectivity index (χ0v) is 10.4. The Labute approximate surface area is 85.5 Å². The molecule has 1 heteroatoms. The molecule has 0 fully saturated rings. The summed E-state index contributed by atoms with van der Waals surface area (Å²) in [5.74, 6) is 0. The number of nitrogens with zero attached hydrogens (tertiary/aromatic N) is 1. The molecule has 0 aromatic rings. The van der Waals surface area contributed by atoms with Crippen LogP contribution in [0, 0.1) is 0 Å². The summed E-state index contributed by atoms with van der Waals surface area (Å²) in [5.41, 5.74) is 0. The Morgan fingerprint density at radius 3 is 1.38 bits per heavy atom. The van der Waals surface area contributed by atoms with Crippen LogP contribution in [0.5, 0.6) is 0 Å². The van der Waals surface area contributed by atoms with Gasteiger partial charge in [-0.05, 0) is 32.5 Å². The third kappa shape index (κ3) is 12.0. The van der Waals surface area contributed by atoms with Crippen molar-refractivity contribution in [3.8, 4) is 0 Å². The molecular weight excluding hydrogens is 158 g/mol. The van der Waals surface area contributed by atoms with Crippen molar-refractivity contribution in [1.82, 2.24) is 4.90 Å². The maximum Gasteiger partial charge on any atom is -0.00190 e. The van der Waals surface area contributed by atoms with Gasteiger partial charge >= 0.3 is 0 Å². The predicted octanol–water partition coefficient (Wildman–Crippen LogP) is 3.93. The molecule has 0 aliphatic rings. The lowest BCUT2D eigenvalue weighted by molar-refractivity contribution is 0.279. The van der Waals surface area contributed by atoms with E-state index in [4.69, 9.17) is 0 Å². The third-order valence-electron chi connectivity index (χ3n) is 2.10. The van der Waals surface area contributed by atoms with Gasteiger partial charge in [0.05, 0.1) is 0 Å². The Morgan fingerprint density at radius 2 is 1.15 bits per heavy atom. The Bertz CT molecular complexity index is 63.5. The summed E-state index contributed by atoms with van der Waals surface area (Å²) in [7, 11) is 0. The molecule has 0 aromatic heterocycles. The van der Waals surface area contributed by atoms with Crippen LogP contribution in [0.3, 0.4) is 0 Å². The first kappa shape index (κ1) is 15.4. The predicted molar refractivity (Wildman–Crippen MR) is 63.3 cm³/mol. The summed E-state index contributed by atoms with van der Waals surface area (Å²) in [5, 5.41) is 0. The van der Waals surface area contributed by atoms with E-state index in [9.17, 15) is 0 Å². The van der Waals surface area contributed by atoms with Crippen LogP contribution in [0.4, 0.5) is 0 Å². The lowest BCUT2D eigenvalue weighted by Gasteiger charge is -2.19. The first-order chi connectivity index (χ1) is 6.35. The summed E-state index contributed by atoms with van der Waals surface area (Å²) < 4.78 is 0. The van der Waals surface area contributed by atoms with Crippen LogP contribution in [-0.2, 0) is 0 Å². The maximum atomic E-state index is 2.55. The van der Waals surface area contributed by atoms with Crippen LogP contribution >= 0.6 is 0 Å². The molecule has 0 aliphatic heterocycles. The minimum Gasteiger partial charge on any atom is -0.304 e. The molecule has 0 radical (unpaired) electrons. The van der Waals surface area contributed by atoms with Crippen molar-refractivity contribution in [2.24, 2.45) is 0 Å². The van der Waals surface area contributed by atoms with E-state index in [0.717, 1.165) is 0 Å².